The van der Waals surface area contributed by atoms with Gasteiger partial charge in [-0.05, 0) is 44.9 Å². The van der Waals surface area contributed by atoms with Gasteiger partial charge < -0.3 is 10.2 Å². The summed E-state index contributed by atoms with van der Waals surface area (Å²) < 4.78 is 0. The van der Waals surface area contributed by atoms with Gasteiger partial charge in [0, 0.05) is 24.7 Å². The molecule has 0 spiro atoms. The number of fused-ring (bicyclic) bond motifs is 1. The molecule has 122 valence electrons. The molecule has 2 amide bonds. The van der Waals surface area contributed by atoms with Gasteiger partial charge in [0.25, 0.3) is 0 Å². The molecule has 3 aliphatic rings. The van der Waals surface area contributed by atoms with Crippen LogP contribution in [0.5, 0.6) is 0 Å². The summed E-state index contributed by atoms with van der Waals surface area (Å²) in [6.45, 7) is 2.80. The molecular formula is C18H28N2O2. The highest BCUT2D eigenvalue weighted by Gasteiger charge is 2.51. The predicted octanol–water partition coefficient (Wildman–Crippen LogP) is 3.13. The largest absolute Gasteiger partial charge is 0.355 e. The zero-order valence-corrected chi connectivity index (χ0v) is 13.7. The monoisotopic (exact) mass is 304 g/mol. The zero-order valence-electron chi connectivity index (χ0n) is 13.7. The van der Waals surface area contributed by atoms with Gasteiger partial charge in [-0.1, -0.05) is 25.8 Å². The molecule has 1 heterocycles. The lowest BCUT2D eigenvalue weighted by Crippen LogP contribution is -2.55. The minimum atomic E-state index is -0.441. The van der Waals surface area contributed by atoms with Crippen molar-refractivity contribution in [2.45, 2.75) is 77.2 Å². The molecule has 1 aliphatic heterocycles. The van der Waals surface area contributed by atoms with Crippen LogP contribution in [-0.4, -0.2) is 29.3 Å². The summed E-state index contributed by atoms with van der Waals surface area (Å²) in [6.07, 6.45) is 11.9. The number of nitrogens with zero attached hydrogens (tertiary/aromatic N) is 1. The Morgan fingerprint density at radius 2 is 2.09 bits per heavy atom. The van der Waals surface area contributed by atoms with Crippen LogP contribution >= 0.6 is 0 Å². The Morgan fingerprint density at radius 1 is 1.32 bits per heavy atom. The van der Waals surface area contributed by atoms with Crippen LogP contribution in [0, 0.1) is 5.41 Å². The van der Waals surface area contributed by atoms with Crippen molar-refractivity contribution in [2.75, 3.05) is 6.54 Å². The molecule has 0 aromatic heterocycles. The number of amides is 2. The minimum Gasteiger partial charge on any atom is -0.355 e. The second-order valence-electron chi connectivity index (χ2n) is 7.02. The van der Waals surface area contributed by atoms with Crippen LogP contribution in [0.1, 0.15) is 71.1 Å². The van der Waals surface area contributed by atoms with Crippen LogP contribution < -0.4 is 5.32 Å². The third-order valence-corrected chi connectivity index (χ3v) is 5.59. The lowest BCUT2D eigenvalue weighted by Gasteiger charge is -2.48. The molecule has 0 bridgehead atoms. The van der Waals surface area contributed by atoms with E-state index in [1.807, 2.05) is 4.90 Å². The SMILES string of the molecule is CCCNC(=O)C12CCCC=C1N(C1CCCC1)C(=O)CC2. The van der Waals surface area contributed by atoms with Crippen LogP contribution in [0.2, 0.25) is 0 Å². The average molecular weight is 304 g/mol. The molecule has 2 fully saturated rings. The number of hydrogen-bond acceptors (Lipinski definition) is 2. The molecule has 0 aromatic rings. The van der Waals surface area contributed by atoms with Gasteiger partial charge in [-0.2, -0.15) is 0 Å². The summed E-state index contributed by atoms with van der Waals surface area (Å²) in [6, 6.07) is 0.329. The first-order valence-electron chi connectivity index (χ1n) is 9.00. The maximum atomic E-state index is 12.9. The van der Waals surface area contributed by atoms with Crippen molar-refractivity contribution >= 4 is 11.8 Å². The number of hydrogen-bond donors (Lipinski definition) is 1. The number of carbonyl (C=O) groups is 2. The van der Waals surface area contributed by atoms with Gasteiger partial charge in [0.15, 0.2) is 0 Å². The van der Waals surface area contributed by atoms with E-state index in [-0.39, 0.29) is 11.8 Å². The van der Waals surface area contributed by atoms with Crippen LogP contribution in [0.15, 0.2) is 11.8 Å². The van der Waals surface area contributed by atoms with Crippen molar-refractivity contribution in [1.82, 2.24) is 10.2 Å². The van der Waals surface area contributed by atoms with Gasteiger partial charge in [0.2, 0.25) is 11.8 Å². The van der Waals surface area contributed by atoms with Crippen molar-refractivity contribution in [1.29, 1.82) is 0 Å². The zero-order chi connectivity index (χ0) is 15.6. The molecule has 4 heteroatoms. The summed E-state index contributed by atoms with van der Waals surface area (Å²) >= 11 is 0. The Bertz CT molecular complexity index is 479. The molecule has 1 saturated heterocycles. The van der Waals surface area contributed by atoms with Crippen LogP contribution in [-0.2, 0) is 9.59 Å². The standard InChI is InChI=1S/C18H28N2O2/c1-2-13-19-17(22)18-11-6-5-9-15(18)20(16(21)10-12-18)14-7-3-4-8-14/h9,14H,2-8,10-13H2,1H3,(H,19,22). The van der Waals surface area contributed by atoms with E-state index in [0.29, 0.717) is 18.9 Å². The molecule has 1 atom stereocenters. The quantitative estimate of drug-likeness (QED) is 0.867. The van der Waals surface area contributed by atoms with Crippen molar-refractivity contribution in [2.24, 2.45) is 5.41 Å². The fourth-order valence-corrected chi connectivity index (χ4v) is 4.44. The van der Waals surface area contributed by atoms with E-state index in [1.165, 1.54) is 12.8 Å². The first kappa shape index (κ1) is 15.6. The Balaban J connectivity index is 1.91. The molecular weight excluding hydrogens is 276 g/mol. The number of likely N-dealkylation sites (tertiary alicyclic amines) is 1. The molecule has 4 nitrogen and oxygen atoms in total. The van der Waals surface area contributed by atoms with E-state index < -0.39 is 5.41 Å². The van der Waals surface area contributed by atoms with E-state index in [2.05, 4.69) is 18.3 Å². The summed E-state index contributed by atoms with van der Waals surface area (Å²) in [5, 5.41) is 3.10. The van der Waals surface area contributed by atoms with Gasteiger partial charge in [0.1, 0.15) is 0 Å². The Labute approximate surface area is 133 Å². The molecule has 1 saturated carbocycles. The summed E-state index contributed by atoms with van der Waals surface area (Å²) in [5.41, 5.74) is 0.597. The maximum absolute atomic E-state index is 12.9. The lowest BCUT2D eigenvalue weighted by atomic mass is 9.68. The first-order valence-corrected chi connectivity index (χ1v) is 9.00. The van der Waals surface area contributed by atoms with Crippen molar-refractivity contribution in [3.63, 3.8) is 0 Å². The number of rotatable bonds is 4. The normalized spacial score (nSPS) is 29.2. The van der Waals surface area contributed by atoms with Crippen molar-refractivity contribution < 1.29 is 9.59 Å². The fraction of sp³-hybridized carbons (Fsp3) is 0.778. The molecule has 0 radical (unpaired) electrons. The molecule has 1 unspecified atom stereocenters. The van der Waals surface area contributed by atoms with E-state index in [0.717, 1.165) is 50.8 Å². The third-order valence-electron chi connectivity index (χ3n) is 5.59. The Morgan fingerprint density at radius 3 is 2.82 bits per heavy atom. The van der Waals surface area contributed by atoms with Gasteiger partial charge >= 0.3 is 0 Å². The molecule has 1 N–H and O–H groups in total. The lowest BCUT2D eigenvalue weighted by molar-refractivity contribution is -0.142. The molecule has 0 aromatic carbocycles. The van der Waals surface area contributed by atoms with Gasteiger partial charge in [-0.25, -0.2) is 0 Å². The van der Waals surface area contributed by atoms with Crippen LogP contribution in [0.4, 0.5) is 0 Å². The van der Waals surface area contributed by atoms with E-state index in [9.17, 15) is 9.59 Å². The van der Waals surface area contributed by atoms with Crippen LogP contribution in [0.3, 0.4) is 0 Å². The first-order chi connectivity index (χ1) is 10.7. The highest BCUT2D eigenvalue weighted by molar-refractivity contribution is 5.91. The summed E-state index contributed by atoms with van der Waals surface area (Å²) in [7, 11) is 0. The molecule has 22 heavy (non-hydrogen) atoms. The van der Waals surface area contributed by atoms with Crippen molar-refractivity contribution in [3.05, 3.63) is 11.8 Å². The highest BCUT2D eigenvalue weighted by atomic mass is 16.2. The van der Waals surface area contributed by atoms with E-state index in [4.69, 9.17) is 0 Å². The van der Waals surface area contributed by atoms with Crippen LogP contribution in [0.25, 0.3) is 0 Å². The Hall–Kier alpha value is -1.32. The van der Waals surface area contributed by atoms with E-state index >= 15 is 0 Å². The average Bonchev–Trinajstić information content (AvgIpc) is 3.06. The second kappa shape index (κ2) is 6.43. The predicted molar refractivity (Wildman–Crippen MR) is 86.0 cm³/mol. The highest BCUT2D eigenvalue weighted by Crippen LogP contribution is 2.48. The van der Waals surface area contributed by atoms with Gasteiger partial charge in [-0.3, -0.25) is 9.59 Å². The number of carbonyl (C=O) groups excluding carboxylic acids is 2. The van der Waals surface area contributed by atoms with Gasteiger partial charge in [-0.15, -0.1) is 0 Å². The van der Waals surface area contributed by atoms with Crippen molar-refractivity contribution in [3.8, 4) is 0 Å². The molecule has 2 aliphatic carbocycles. The Kier molecular flexibility index (Phi) is 4.55. The third kappa shape index (κ3) is 2.57. The number of allylic oxidation sites excluding steroid dienone is 1. The number of piperidine rings is 1. The smallest absolute Gasteiger partial charge is 0.232 e. The molecule has 3 rings (SSSR count). The maximum Gasteiger partial charge on any atom is 0.232 e. The number of nitrogens with one attached hydrogen (secondary N) is 1. The topological polar surface area (TPSA) is 49.4 Å². The van der Waals surface area contributed by atoms with E-state index in [1.54, 1.807) is 0 Å². The van der Waals surface area contributed by atoms with Gasteiger partial charge in [0.05, 0.1) is 5.41 Å². The minimum absolute atomic E-state index is 0.149. The fourth-order valence-electron chi connectivity index (χ4n) is 4.44. The summed E-state index contributed by atoms with van der Waals surface area (Å²) in [4.78, 5) is 27.5. The summed E-state index contributed by atoms with van der Waals surface area (Å²) in [5.74, 6) is 0.384. The second-order valence-corrected chi connectivity index (χ2v) is 7.02.